The fourth-order valence-corrected chi connectivity index (χ4v) is 2.95. The smallest absolute Gasteiger partial charge is 0.322 e. The van der Waals surface area contributed by atoms with E-state index in [0.29, 0.717) is 25.9 Å². The highest BCUT2D eigenvalue weighted by atomic mass is 32.2. The van der Waals surface area contributed by atoms with Gasteiger partial charge in [0.15, 0.2) is 0 Å². The molecule has 0 spiro atoms. The van der Waals surface area contributed by atoms with Crippen LogP contribution in [0.15, 0.2) is 0 Å². The van der Waals surface area contributed by atoms with E-state index in [1.165, 1.54) is 0 Å². The number of thioether (sulfide) groups is 1. The van der Waals surface area contributed by atoms with Crippen molar-refractivity contribution in [1.82, 2.24) is 21.3 Å². The summed E-state index contributed by atoms with van der Waals surface area (Å²) in [5.41, 5.74) is 10.3. The monoisotopic (exact) mass is 508 g/mol. The first-order chi connectivity index (χ1) is 16.0. The molecule has 0 aromatic heterocycles. The zero-order chi connectivity index (χ0) is 26.5. The number of hydrogen-bond donors (Lipinski definition) is 8. The number of nitrogens with two attached hydrogens (primary N) is 2. The van der Waals surface area contributed by atoms with Crippen LogP contribution in [0.25, 0.3) is 0 Å². The van der Waals surface area contributed by atoms with Crippen LogP contribution in [0.4, 0.5) is 0 Å². The molecule has 0 aromatic rings. The lowest BCUT2D eigenvalue weighted by Crippen LogP contribution is -2.49. The fourth-order valence-electron chi connectivity index (χ4n) is 2.07. The van der Waals surface area contributed by atoms with Gasteiger partial charge in [0, 0.05) is 25.3 Å². The third-order valence-corrected chi connectivity index (χ3v) is 4.82. The molecule has 196 valence electrons. The first kappa shape index (κ1) is 33.3. The second kappa shape index (κ2) is 20.7. The van der Waals surface area contributed by atoms with Gasteiger partial charge in [0.2, 0.25) is 23.6 Å². The normalized spacial score (nSPS) is 11.6. The zero-order valence-electron chi connectivity index (χ0n) is 19.4. The van der Waals surface area contributed by atoms with Crippen molar-refractivity contribution in [2.45, 2.75) is 45.2 Å². The van der Waals surface area contributed by atoms with E-state index in [0.717, 1.165) is 11.8 Å². The Balaban J connectivity index is 0. The summed E-state index contributed by atoms with van der Waals surface area (Å²) < 4.78 is 0. The van der Waals surface area contributed by atoms with Gasteiger partial charge in [-0.3, -0.25) is 28.8 Å². The predicted octanol–water partition coefficient (Wildman–Crippen LogP) is -2.80. The van der Waals surface area contributed by atoms with E-state index in [-0.39, 0.29) is 42.2 Å². The van der Waals surface area contributed by atoms with Crippen molar-refractivity contribution in [3.8, 4) is 0 Å². The third-order valence-electron chi connectivity index (χ3n) is 3.78. The molecule has 2 atom stereocenters. The van der Waals surface area contributed by atoms with Gasteiger partial charge in [-0.1, -0.05) is 6.92 Å². The van der Waals surface area contributed by atoms with Crippen LogP contribution >= 0.6 is 11.8 Å². The Morgan fingerprint density at radius 1 is 0.912 bits per heavy atom. The second-order valence-corrected chi connectivity index (χ2v) is 7.72. The Bertz CT molecular complexity index is 679. The Hall–Kier alpha value is -2.91. The van der Waals surface area contributed by atoms with Crippen molar-refractivity contribution in [1.29, 1.82) is 0 Å². The highest BCUT2D eigenvalue weighted by Crippen LogP contribution is 2.04. The van der Waals surface area contributed by atoms with E-state index in [9.17, 15) is 28.8 Å². The fraction of sp³-hybridized carbons (Fsp3) is 0.684. The molecule has 0 aliphatic heterocycles. The molecule has 0 rings (SSSR count). The minimum Gasteiger partial charge on any atom is -0.480 e. The molecule has 34 heavy (non-hydrogen) atoms. The van der Waals surface area contributed by atoms with Gasteiger partial charge in [0.1, 0.15) is 12.6 Å². The van der Waals surface area contributed by atoms with Gasteiger partial charge < -0.3 is 42.9 Å². The summed E-state index contributed by atoms with van der Waals surface area (Å²) >= 11 is 1.14. The third kappa shape index (κ3) is 19.8. The highest BCUT2D eigenvalue weighted by molar-refractivity contribution is 8.00. The lowest BCUT2D eigenvalue weighted by molar-refractivity contribution is -0.138. The Kier molecular flexibility index (Phi) is 20.2. The molecule has 4 amide bonds. The number of carbonyl (C=O) groups is 6. The molecule has 0 radical (unpaired) electrons. The molecule has 0 bridgehead atoms. The lowest BCUT2D eigenvalue weighted by atomic mass is 10.1. The standard InChI is InChI=1S/C17H31N5O6S.C2H5NO2/c1-3-13(23)22-12(17(28)21-8-15(25)26)9-29-10-14(24)20-7-5-6-11(18)16(27)19-4-2;3-1-2(4)5/h11-12H,3-10,18H2,1-2H3,(H,19,27)(H,20,24)(H,21,28)(H,22,23)(H,25,26);1,3H2,(H,4,5). The number of carboxylic acid groups (broad SMARTS) is 2. The molecule has 0 fully saturated rings. The van der Waals surface area contributed by atoms with Gasteiger partial charge in [-0.15, -0.1) is 11.8 Å². The molecular weight excluding hydrogens is 472 g/mol. The lowest BCUT2D eigenvalue weighted by Gasteiger charge is -2.17. The maximum Gasteiger partial charge on any atom is 0.322 e. The maximum atomic E-state index is 12.0. The molecule has 2 unspecified atom stereocenters. The Labute approximate surface area is 202 Å². The predicted molar refractivity (Wildman–Crippen MR) is 126 cm³/mol. The first-order valence-corrected chi connectivity index (χ1v) is 11.7. The highest BCUT2D eigenvalue weighted by Gasteiger charge is 2.21. The van der Waals surface area contributed by atoms with Crippen LogP contribution in [0.2, 0.25) is 0 Å². The van der Waals surface area contributed by atoms with Crippen molar-refractivity contribution in [3.63, 3.8) is 0 Å². The quantitative estimate of drug-likeness (QED) is 0.0990. The largest absolute Gasteiger partial charge is 0.480 e. The topological polar surface area (TPSA) is 243 Å². The number of rotatable bonds is 16. The van der Waals surface area contributed by atoms with Crippen LogP contribution < -0.4 is 32.7 Å². The van der Waals surface area contributed by atoms with Crippen LogP contribution in [-0.2, 0) is 28.8 Å². The van der Waals surface area contributed by atoms with Crippen LogP contribution in [0.3, 0.4) is 0 Å². The van der Waals surface area contributed by atoms with E-state index < -0.39 is 36.5 Å². The summed E-state index contributed by atoms with van der Waals surface area (Å²) in [6.07, 6.45) is 1.15. The Morgan fingerprint density at radius 2 is 1.53 bits per heavy atom. The van der Waals surface area contributed by atoms with Gasteiger partial charge in [0.25, 0.3) is 0 Å². The van der Waals surface area contributed by atoms with Crippen molar-refractivity contribution in [2.24, 2.45) is 11.5 Å². The van der Waals surface area contributed by atoms with Gasteiger partial charge in [-0.05, 0) is 19.8 Å². The van der Waals surface area contributed by atoms with Crippen molar-refractivity contribution < 1.29 is 39.0 Å². The number of hydrogen-bond acceptors (Lipinski definition) is 9. The summed E-state index contributed by atoms with van der Waals surface area (Å²) in [7, 11) is 0. The molecule has 0 aromatic carbocycles. The molecular formula is C19H36N6O8S. The summed E-state index contributed by atoms with van der Waals surface area (Å²) in [5, 5.41) is 26.2. The number of amides is 4. The van der Waals surface area contributed by atoms with Gasteiger partial charge >= 0.3 is 11.9 Å². The first-order valence-electron chi connectivity index (χ1n) is 10.6. The second-order valence-electron chi connectivity index (χ2n) is 6.69. The number of likely N-dealkylation sites (N-methyl/N-ethyl adjacent to an activating group) is 1. The van der Waals surface area contributed by atoms with E-state index in [4.69, 9.17) is 15.9 Å². The van der Waals surface area contributed by atoms with E-state index in [1.807, 2.05) is 0 Å². The number of carboxylic acids is 2. The van der Waals surface area contributed by atoms with E-state index in [2.05, 4.69) is 27.0 Å². The minimum atomic E-state index is -1.20. The molecule has 0 heterocycles. The average Bonchev–Trinajstić information content (AvgIpc) is 2.79. The van der Waals surface area contributed by atoms with Crippen LogP contribution in [-0.4, -0.2) is 95.5 Å². The molecule has 0 aliphatic rings. The molecule has 15 heteroatoms. The van der Waals surface area contributed by atoms with Gasteiger partial charge in [-0.25, -0.2) is 0 Å². The van der Waals surface area contributed by atoms with E-state index >= 15 is 0 Å². The molecule has 0 saturated heterocycles. The maximum absolute atomic E-state index is 12.0. The van der Waals surface area contributed by atoms with Gasteiger partial charge in [0.05, 0.1) is 18.3 Å². The summed E-state index contributed by atoms with van der Waals surface area (Å²) in [6.45, 7) is 3.47. The molecule has 14 nitrogen and oxygen atoms in total. The molecule has 0 aliphatic carbocycles. The van der Waals surface area contributed by atoms with Crippen molar-refractivity contribution in [2.75, 3.05) is 37.7 Å². The van der Waals surface area contributed by atoms with Crippen LogP contribution in [0.5, 0.6) is 0 Å². The SMILES string of the molecule is CCNC(=O)C(N)CCCNC(=O)CSCC(NC(=O)CC)C(=O)NCC(=O)O.NCC(=O)O. The summed E-state index contributed by atoms with van der Waals surface area (Å²) in [5.74, 6) is -3.44. The van der Waals surface area contributed by atoms with Crippen molar-refractivity contribution in [3.05, 3.63) is 0 Å². The Morgan fingerprint density at radius 3 is 2.03 bits per heavy atom. The number of aliphatic carboxylic acids is 2. The average molecular weight is 509 g/mol. The minimum absolute atomic E-state index is 0.0626. The molecule has 10 N–H and O–H groups in total. The van der Waals surface area contributed by atoms with E-state index in [1.54, 1.807) is 13.8 Å². The number of carbonyl (C=O) groups excluding carboxylic acids is 4. The van der Waals surface area contributed by atoms with Crippen LogP contribution in [0, 0.1) is 0 Å². The van der Waals surface area contributed by atoms with Crippen molar-refractivity contribution >= 4 is 47.3 Å². The summed E-state index contributed by atoms with van der Waals surface area (Å²) in [6, 6.07) is -1.55. The number of nitrogens with one attached hydrogen (secondary N) is 4. The molecule has 0 saturated carbocycles. The zero-order valence-corrected chi connectivity index (χ0v) is 20.2. The summed E-state index contributed by atoms with van der Waals surface area (Å²) in [4.78, 5) is 66.7. The van der Waals surface area contributed by atoms with Crippen LogP contribution in [0.1, 0.15) is 33.1 Å². The van der Waals surface area contributed by atoms with Gasteiger partial charge in [-0.2, -0.15) is 0 Å².